The van der Waals surface area contributed by atoms with Crippen LogP contribution >= 0.6 is 0 Å². The van der Waals surface area contributed by atoms with Crippen LogP contribution in [0.25, 0.3) is 0 Å². The van der Waals surface area contributed by atoms with Crippen molar-refractivity contribution in [2.24, 2.45) is 39.4 Å². The van der Waals surface area contributed by atoms with Gasteiger partial charge in [0, 0.05) is 11.3 Å². The van der Waals surface area contributed by atoms with Gasteiger partial charge in [0.2, 0.25) is 0 Å². The number of fused-ring (bicyclic) bond motifs is 4. The molecule has 0 spiro atoms. The fourth-order valence-electron chi connectivity index (χ4n) is 10.3. The third-order valence-corrected chi connectivity index (χ3v) is 12.6. The zero-order valence-electron chi connectivity index (χ0n) is 23.4. The molecule has 1 aliphatic heterocycles. The second-order valence-electron chi connectivity index (χ2n) is 14.9. The Kier molecular flexibility index (Phi) is 6.21. The Bertz CT molecular complexity index is 921. The van der Waals surface area contributed by atoms with E-state index in [1.807, 2.05) is 0 Å². The Morgan fingerprint density at radius 2 is 1.56 bits per heavy atom. The Balaban J connectivity index is 1.51. The minimum Gasteiger partial charge on any atom is -0.392 e. The van der Waals surface area contributed by atoms with Gasteiger partial charge in [0.15, 0.2) is 6.29 Å². The molecule has 36 heavy (non-hydrogen) atoms. The second kappa shape index (κ2) is 8.25. The maximum atomic E-state index is 12.0. The molecule has 0 aromatic rings. The summed E-state index contributed by atoms with van der Waals surface area (Å²) in [6.07, 6.45) is 3.11. The van der Waals surface area contributed by atoms with E-state index in [4.69, 9.17) is 4.74 Å². The van der Waals surface area contributed by atoms with Gasteiger partial charge in [0.25, 0.3) is 0 Å². The third kappa shape index (κ3) is 3.43. The van der Waals surface area contributed by atoms with Crippen LogP contribution in [-0.2, 0) is 4.74 Å². The van der Waals surface area contributed by atoms with Crippen molar-refractivity contribution in [3.63, 3.8) is 0 Å². The van der Waals surface area contributed by atoms with Crippen LogP contribution in [0.15, 0.2) is 11.1 Å². The first kappa shape index (κ1) is 27.1. The molecule has 0 amide bonds. The van der Waals surface area contributed by atoms with Crippen molar-refractivity contribution in [2.45, 2.75) is 136 Å². The minimum absolute atomic E-state index is 0.0651. The van der Waals surface area contributed by atoms with Gasteiger partial charge in [-0.05, 0) is 93.3 Å². The van der Waals surface area contributed by atoms with Crippen LogP contribution in [0.2, 0.25) is 0 Å². The summed E-state index contributed by atoms with van der Waals surface area (Å²) in [5, 5.41) is 55.2. The van der Waals surface area contributed by atoms with Gasteiger partial charge in [-0.2, -0.15) is 0 Å². The molecule has 3 fully saturated rings. The van der Waals surface area contributed by atoms with E-state index in [2.05, 4.69) is 34.6 Å². The van der Waals surface area contributed by atoms with E-state index in [1.165, 1.54) is 11.1 Å². The lowest BCUT2D eigenvalue weighted by Gasteiger charge is -2.64. The molecule has 0 bridgehead atoms. The van der Waals surface area contributed by atoms with Crippen molar-refractivity contribution >= 4 is 0 Å². The van der Waals surface area contributed by atoms with Crippen molar-refractivity contribution in [3.05, 3.63) is 11.1 Å². The van der Waals surface area contributed by atoms with Crippen LogP contribution in [0.1, 0.15) is 99.8 Å². The van der Waals surface area contributed by atoms with Crippen LogP contribution in [0.5, 0.6) is 0 Å². The fourth-order valence-corrected chi connectivity index (χ4v) is 10.3. The highest BCUT2D eigenvalue weighted by molar-refractivity contribution is 5.40. The van der Waals surface area contributed by atoms with E-state index < -0.39 is 35.6 Å². The zero-order valence-corrected chi connectivity index (χ0v) is 23.4. The number of hydrogen-bond donors (Lipinski definition) is 5. The fraction of sp³-hybridized carbons (Fsp3) is 0.933. The van der Waals surface area contributed by atoms with Gasteiger partial charge in [0.1, 0.15) is 0 Å². The van der Waals surface area contributed by atoms with Crippen LogP contribution in [0.4, 0.5) is 0 Å². The van der Waals surface area contributed by atoms with Crippen LogP contribution in [0.3, 0.4) is 0 Å². The molecule has 0 aromatic heterocycles. The summed E-state index contributed by atoms with van der Waals surface area (Å²) in [7, 11) is 0. The number of hydrogen-bond acceptors (Lipinski definition) is 6. The third-order valence-electron chi connectivity index (χ3n) is 12.6. The molecule has 1 heterocycles. The van der Waals surface area contributed by atoms with E-state index in [0.717, 1.165) is 32.1 Å². The lowest BCUT2D eigenvalue weighted by molar-refractivity contribution is -0.251. The number of rotatable bonds is 2. The number of ether oxygens (including phenoxy) is 1. The molecule has 6 nitrogen and oxygen atoms in total. The predicted octanol–water partition coefficient (Wildman–Crippen LogP) is 3.92. The van der Waals surface area contributed by atoms with E-state index in [9.17, 15) is 25.5 Å². The van der Waals surface area contributed by atoms with E-state index in [1.54, 1.807) is 13.8 Å². The predicted molar refractivity (Wildman–Crippen MR) is 138 cm³/mol. The molecule has 206 valence electrons. The van der Waals surface area contributed by atoms with Crippen molar-refractivity contribution in [3.8, 4) is 0 Å². The summed E-state index contributed by atoms with van der Waals surface area (Å²) in [6.45, 7) is 14.5. The lowest BCUT2D eigenvalue weighted by Crippen LogP contribution is -2.61. The quantitative estimate of drug-likeness (QED) is 0.363. The van der Waals surface area contributed by atoms with Crippen molar-refractivity contribution in [1.29, 1.82) is 0 Å². The summed E-state index contributed by atoms with van der Waals surface area (Å²) >= 11 is 0. The standard InChI is InChI=1S/C30H50O6/c1-26(2)21-10-9-18-19(28(21,5)15-20(31)24(26)33)14-22(32)30(7)17(12-13-29(18,30)6)16-8-11-23(27(3,4)35)36-25(16)34/h16-17,20-25,31-35H,8-15H2,1-7H3/t16-,17-,20-,21+,22+,23-,24+,25-,28-,29+,30+/m1/s1. The van der Waals surface area contributed by atoms with Crippen LogP contribution < -0.4 is 0 Å². The molecule has 0 radical (unpaired) electrons. The molecule has 2 saturated carbocycles. The number of aliphatic hydroxyl groups excluding tert-OH is 4. The smallest absolute Gasteiger partial charge is 0.158 e. The van der Waals surface area contributed by atoms with Gasteiger partial charge < -0.3 is 30.3 Å². The van der Waals surface area contributed by atoms with Gasteiger partial charge >= 0.3 is 0 Å². The van der Waals surface area contributed by atoms with Crippen molar-refractivity contribution < 1.29 is 30.3 Å². The molecule has 0 unspecified atom stereocenters. The number of aliphatic hydroxyl groups is 5. The topological polar surface area (TPSA) is 110 Å². The van der Waals surface area contributed by atoms with Crippen LogP contribution in [0, 0.1) is 39.4 Å². The SMILES string of the molecule is CC(C)(O)[C@H]1CC[C@H]([C@H]2CC[C@@]3(C)C4=C(C[C@H](O)[C@]23C)[C@@]2(C)C[C@@H](O)[C@H](O)C(C)(C)[C@@H]2CC4)[C@H](O)O1. The first-order chi connectivity index (χ1) is 16.5. The van der Waals surface area contributed by atoms with Crippen molar-refractivity contribution in [1.82, 2.24) is 0 Å². The van der Waals surface area contributed by atoms with E-state index in [-0.39, 0.29) is 40.1 Å². The Morgan fingerprint density at radius 1 is 0.889 bits per heavy atom. The molecule has 5 rings (SSSR count). The first-order valence-corrected chi connectivity index (χ1v) is 14.3. The maximum absolute atomic E-state index is 12.0. The zero-order chi connectivity index (χ0) is 26.6. The molecule has 5 N–H and O–H groups in total. The van der Waals surface area contributed by atoms with Crippen molar-refractivity contribution in [2.75, 3.05) is 0 Å². The van der Waals surface area contributed by atoms with E-state index >= 15 is 0 Å². The maximum Gasteiger partial charge on any atom is 0.158 e. The largest absolute Gasteiger partial charge is 0.392 e. The second-order valence-corrected chi connectivity index (χ2v) is 14.9. The Morgan fingerprint density at radius 3 is 2.17 bits per heavy atom. The highest BCUT2D eigenvalue weighted by Crippen LogP contribution is 2.72. The van der Waals surface area contributed by atoms with E-state index in [0.29, 0.717) is 19.3 Å². The molecule has 4 aliphatic carbocycles. The molecular formula is C30H50O6. The van der Waals surface area contributed by atoms with Gasteiger partial charge in [-0.25, -0.2) is 0 Å². The first-order valence-electron chi connectivity index (χ1n) is 14.3. The summed E-state index contributed by atoms with van der Waals surface area (Å²) < 4.78 is 5.97. The number of allylic oxidation sites excluding steroid dienone is 1. The summed E-state index contributed by atoms with van der Waals surface area (Å²) in [5.41, 5.74) is 0.599. The minimum atomic E-state index is -0.996. The molecule has 5 aliphatic rings. The van der Waals surface area contributed by atoms with Gasteiger partial charge in [-0.15, -0.1) is 0 Å². The Labute approximate surface area is 217 Å². The summed E-state index contributed by atoms with van der Waals surface area (Å²) in [5.74, 6) is 0.321. The van der Waals surface area contributed by atoms with Crippen LogP contribution in [-0.4, -0.2) is 61.8 Å². The van der Waals surface area contributed by atoms with Gasteiger partial charge in [-0.1, -0.05) is 45.8 Å². The normalized spacial score (nSPS) is 53.0. The molecule has 0 aromatic carbocycles. The molecule has 6 heteroatoms. The summed E-state index contributed by atoms with van der Waals surface area (Å²) in [4.78, 5) is 0. The average Bonchev–Trinajstić information content (AvgIpc) is 3.05. The van der Waals surface area contributed by atoms with Gasteiger partial charge in [0.05, 0.1) is 30.0 Å². The average molecular weight is 507 g/mol. The summed E-state index contributed by atoms with van der Waals surface area (Å²) in [6, 6.07) is 0. The molecular weight excluding hydrogens is 456 g/mol. The highest BCUT2D eigenvalue weighted by Gasteiger charge is 2.68. The Hall–Kier alpha value is -0.500. The lowest BCUT2D eigenvalue weighted by atomic mass is 9.42. The van der Waals surface area contributed by atoms with Gasteiger partial charge in [-0.3, -0.25) is 0 Å². The monoisotopic (exact) mass is 506 g/mol. The molecule has 11 atom stereocenters. The highest BCUT2D eigenvalue weighted by atomic mass is 16.6. The molecule has 1 saturated heterocycles.